The van der Waals surface area contributed by atoms with E-state index < -0.39 is 17.4 Å². The van der Waals surface area contributed by atoms with Crippen molar-refractivity contribution >= 4 is 5.91 Å². The summed E-state index contributed by atoms with van der Waals surface area (Å²) in [5, 5.41) is 20.7. The summed E-state index contributed by atoms with van der Waals surface area (Å²) in [6.07, 6.45) is 0.907. The molecule has 0 aliphatic heterocycles. The molecule has 2 fully saturated rings. The Bertz CT molecular complexity index is 748. The highest BCUT2D eigenvalue weighted by Crippen LogP contribution is 2.48. The van der Waals surface area contributed by atoms with Crippen molar-refractivity contribution in [3.05, 3.63) is 35.4 Å². The monoisotopic (exact) mass is 427 g/mol. The minimum atomic E-state index is -4.80. The Balaban J connectivity index is 1.77. The Morgan fingerprint density at radius 2 is 1.70 bits per heavy atom. The summed E-state index contributed by atoms with van der Waals surface area (Å²) >= 11 is 0. The Labute approximate surface area is 176 Å². The topological polar surface area (TPSA) is 60.8 Å². The second-order valence-electron chi connectivity index (χ2n) is 9.23. The van der Waals surface area contributed by atoms with Crippen LogP contribution in [0.1, 0.15) is 81.6 Å². The molecule has 0 aromatic heterocycles. The van der Waals surface area contributed by atoms with Crippen molar-refractivity contribution in [2.24, 2.45) is 5.92 Å². The summed E-state index contributed by atoms with van der Waals surface area (Å²) < 4.78 is 39.2. The van der Waals surface area contributed by atoms with Gasteiger partial charge in [0.25, 0.3) is 5.91 Å². The van der Waals surface area contributed by atoms with Gasteiger partial charge in [-0.3, -0.25) is 4.79 Å². The number of hydrogen-bond acceptors (Lipinski definition) is 3. The Kier molecular flexibility index (Phi) is 6.27. The Morgan fingerprint density at radius 3 is 2.13 bits per heavy atom. The van der Waals surface area contributed by atoms with E-state index in [0.29, 0.717) is 31.2 Å². The number of carbonyl (C=O) groups is 1. The first-order valence-electron chi connectivity index (χ1n) is 10.9. The molecule has 2 aliphatic rings. The number of halogens is 3. The molecule has 0 heterocycles. The molecular weight excluding hydrogens is 395 g/mol. The molecule has 168 valence electrons. The molecule has 1 amide bonds. The highest BCUT2D eigenvalue weighted by Gasteiger charge is 2.51. The normalized spacial score (nSPS) is 27.9. The molecule has 2 saturated carbocycles. The fourth-order valence-electron chi connectivity index (χ4n) is 4.58. The first kappa shape index (κ1) is 23.1. The molecule has 0 spiro atoms. The van der Waals surface area contributed by atoms with Crippen LogP contribution in [-0.4, -0.2) is 44.9 Å². The zero-order chi connectivity index (χ0) is 22.3. The smallest absolute Gasteiger partial charge is 0.390 e. The molecule has 1 unspecified atom stereocenters. The van der Waals surface area contributed by atoms with E-state index in [4.69, 9.17) is 0 Å². The molecule has 1 aromatic carbocycles. The van der Waals surface area contributed by atoms with Crippen LogP contribution in [0.3, 0.4) is 0 Å². The summed E-state index contributed by atoms with van der Waals surface area (Å²) in [6.45, 7) is 4.68. The van der Waals surface area contributed by atoms with Crippen molar-refractivity contribution in [1.29, 1.82) is 0 Å². The van der Waals surface area contributed by atoms with Gasteiger partial charge in [0.2, 0.25) is 0 Å². The number of carbonyl (C=O) groups excluding carboxylic acids is 1. The largest absolute Gasteiger partial charge is 0.421 e. The van der Waals surface area contributed by atoms with Crippen molar-refractivity contribution in [1.82, 2.24) is 4.90 Å². The maximum Gasteiger partial charge on any atom is 0.421 e. The average Bonchev–Trinajstić information content (AvgIpc) is 3.54. The quantitative estimate of drug-likeness (QED) is 0.687. The van der Waals surface area contributed by atoms with E-state index in [1.54, 1.807) is 0 Å². The van der Waals surface area contributed by atoms with Crippen molar-refractivity contribution in [2.75, 3.05) is 0 Å². The van der Waals surface area contributed by atoms with E-state index in [-0.39, 0.29) is 23.6 Å². The lowest BCUT2D eigenvalue weighted by Gasteiger charge is -2.43. The zero-order valence-corrected chi connectivity index (χ0v) is 17.9. The molecule has 4 nitrogen and oxygen atoms in total. The number of aliphatic hydroxyl groups is 2. The third-order valence-corrected chi connectivity index (χ3v) is 7.10. The van der Waals surface area contributed by atoms with E-state index in [9.17, 15) is 28.2 Å². The summed E-state index contributed by atoms with van der Waals surface area (Å²) in [5.74, 6) is 0.171. The molecule has 0 saturated heterocycles. The number of rotatable bonds is 6. The van der Waals surface area contributed by atoms with Gasteiger partial charge in [0.15, 0.2) is 5.60 Å². The maximum absolute atomic E-state index is 13.3. The molecule has 30 heavy (non-hydrogen) atoms. The highest BCUT2D eigenvalue weighted by molar-refractivity contribution is 5.94. The number of amides is 1. The summed E-state index contributed by atoms with van der Waals surface area (Å²) in [4.78, 5) is 15.1. The molecule has 2 N–H and O–H groups in total. The molecule has 7 heteroatoms. The second kappa shape index (κ2) is 8.15. The van der Waals surface area contributed by atoms with Gasteiger partial charge >= 0.3 is 6.18 Å². The molecule has 1 aromatic rings. The maximum atomic E-state index is 13.3. The minimum Gasteiger partial charge on any atom is -0.390 e. The minimum absolute atomic E-state index is 0.00411. The Morgan fingerprint density at radius 1 is 1.17 bits per heavy atom. The highest BCUT2D eigenvalue weighted by atomic mass is 19.4. The number of alkyl halides is 3. The summed E-state index contributed by atoms with van der Waals surface area (Å²) in [5.41, 5.74) is -3.57. The van der Waals surface area contributed by atoms with Gasteiger partial charge in [-0.15, -0.1) is 0 Å². The third-order valence-electron chi connectivity index (χ3n) is 7.10. The van der Waals surface area contributed by atoms with E-state index in [1.165, 1.54) is 24.3 Å². The SMILES string of the molecule is CCC(C)N(C(=O)c1ccc([C@](C)(O)C(F)(F)F)cc1)C1CCC(O)(C2CC2)CC1. The zero-order valence-electron chi connectivity index (χ0n) is 17.9. The van der Waals surface area contributed by atoms with Crippen LogP contribution in [-0.2, 0) is 5.60 Å². The van der Waals surface area contributed by atoms with Crippen molar-refractivity contribution in [3.63, 3.8) is 0 Å². The van der Waals surface area contributed by atoms with Gasteiger partial charge in [-0.1, -0.05) is 19.1 Å². The molecule has 2 atom stereocenters. The van der Waals surface area contributed by atoms with Crippen LogP contribution in [0.25, 0.3) is 0 Å². The molecule has 0 bridgehead atoms. The van der Waals surface area contributed by atoms with E-state index >= 15 is 0 Å². The van der Waals surface area contributed by atoms with Crippen LogP contribution in [0.4, 0.5) is 13.2 Å². The van der Waals surface area contributed by atoms with Gasteiger partial charge in [0, 0.05) is 17.6 Å². The first-order valence-corrected chi connectivity index (χ1v) is 10.9. The number of benzene rings is 1. The molecule has 0 radical (unpaired) electrons. The van der Waals surface area contributed by atoms with Crippen molar-refractivity contribution in [3.8, 4) is 0 Å². The first-order chi connectivity index (χ1) is 13.9. The van der Waals surface area contributed by atoms with E-state index in [0.717, 1.165) is 32.1 Å². The Hall–Kier alpha value is -1.60. The van der Waals surface area contributed by atoms with Gasteiger partial charge in [-0.05, 0) is 82.4 Å². The molecular formula is C23H32F3NO3. The predicted octanol–water partition coefficient (Wildman–Crippen LogP) is 4.78. The summed E-state index contributed by atoms with van der Waals surface area (Å²) in [6, 6.07) is 5.04. The van der Waals surface area contributed by atoms with Gasteiger partial charge in [0.1, 0.15) is 0 Å². The standard InChI is InChI=1S/C23H32F3NO3/c1-4-15(2)27(19-11-13-22(30,14-12-19)18-9-10-18)20(28)16-5-7-17(8-6-16)21(3,29)23(24,25)26/h5-8,15,18-19,29-30H,4,9-14H2,1-3H3/t15?,19?,21-,22?/m0/s1. The predicted molar refractivity (Wildman–Crippen MR) is 108 cm³/mol. The number of hydrogen-bond donors (Lipinski definition) is 2. The average molecular weight is 428 g/mol. The third kappa shape index (κ3) is 4.37. The van der Waals surface area contributed by atoms with Crippen molar-refractivity contribution in [2.45, 2.75) is 95.2 Å². The fraction of sp³-hybridized carbons (Fsp3) is 0.696. The van der Waals surface area contributed by atoms with Gasteiger partial charge in [-0.25, -0.2) is 0 Å². The van der Waals surface area contributed by atoms with E-state index in [1.807, 2.05) is 18.7 Å². The number of nitrogens with zero attached hydrogens (tertiary/aromatic N) is 1. The van der Waals surface area contributed by atoms with Crippen LogP contribution in [0.2, 0.25) is 0 Å². The summed E-state index contributed by atoms with van der Waals surface area (Å²) in [7, 11) is 0. The lowest BCUT2D eigenvalue weighted by Crippen LogP contribution is -2.50. The van der Waals surface area contributed by atoms with Crippen LogP contribution in [0.5, 0.6) is 0 Å². The lowest BCUT2D eigenvalue weighted by molar-refractivity contribution is -0.258. The van der Waals surface area contributed by atoms with Crippen LogP contribution < -0.4 is 0 Å². The van der Waals surface area contributed by atoms with Crippen LogP contribution in [0.15, 0.2) is 24.3 Å². The molecule has 3 rings (SSSR count). The van der Waals surface area contributed by atoms with Crippen LogP contribution >= 0.6 is 0 Å². The van der Waals surface area contributed by atoms with Gasteiger partial charge < -0.3 is 15.1 Å². The molecule has 2 aliphatic carbocycles. The van der Waals surface area contributed by atoms with Gasteiger partial charge in [-0.2, -0.15) is 13.2 Å². The van der Waals surface area contributed by atoms with Crippen LogP contribution in [0, 0.1) is 5.92 Å². The fourth-order valence-corrected chi connectivity index (χ4v) is 4.58. The second-order valence-corrected chi connectivity index (χ2v) is 9.23. The van der Waals surface area contributed by atoms with Gasteiger partial charge in [0.05, 0.1) is 5.60 Å². The van der Waals surface area contributed by atoms with E-state index in [2.05, 4.69) is 0 Å². The lowest BCUT2D eigenvalue weighted by atomic mass is 9.78. The van der Waals surface area contributed by atoms with Crippen molar-refractivity contribution < 1.29 is 28.2 Å².